The van der Waals surface area contributed by atoms with E-state index < -0.39 is 11.9 Å². The van der Waals surface area contributed by atoms with Crippen LogP contribution in [0.15, 0.2) is 24.3 Å². The molecule has 2 rings (SSSR count). The van der Waals surface area contributed by atoms with Gasteiger partial charge in [-0.25, -0.2) is 4.79 Å². The maximum atomic E-state index is 12.2. The molecule has 0 saturated carbocycles. The van der Waals surface area contributed by atoms with Crippen LogP contribution in [0.25, 0.3) is 0 Å². The Hall–Kier alpha value is -2.54. The van der Waals surface area contributed by atoms with Crippen molar-refractivity contribution in [2.45, 2.75) is 6.92 Å². The van der Waals surface area contributed by atoms with E-state index in [0.717, 1.165) is 16.2 Å². The summed E-state index contributed by atoms with van der Waals surface area (Å²) in [6, 6.07) is 5.72. The van der Waals surface area contributed by atoms with E-state index in [9.17, 15) is 14.7 Å². The van der Waals surface area contributed by atoms with Gasteiger partial charge in [-0.1, -0.05) is 0 Å². The molecule has 0 aliphatic carbocycles. The van der Waals surface area contributed by atoms with Gasteiger partial charge in [-0.05, 0) is 31.2 Å². The molecule has 7 heteroatoms. The second-order valence-corrected chi connectivity index (χ2v) is 5.50. The van der Waals surface area contributed by atoms with Crippen LogP contribution in [0, 0.1) is 6.92 Å². The predicted octanol–water partition coefficient (Wildman–Crippen LogP) is 2.72. The Bertz CT molecular complexity index is 707. The van der Waals surface area contributed by atoms with E-state index in [0.29, 0.717) is 5.75 Å². The summed E-state index contributed by atoms with van der Waals surface area (Å²) in [5, 5.41) is 21.6. The number of anilines is 1. The molecule has 6 nitrogen and oxygen atoms in total. The fourth-order valence-electron chi connectivity index (χ4n) is 1.76. The summed E-state index contributed by atoms with van der Waals surface area (Å²) >= 11 is 1.16. The number of aryl methyl sites for hydroxylation is 1. The van der Waals surface area contributed by atoms with Gasteiger partial charge in [-0.15, -0.1) is 11.3 Å². The number of hydrogen-bond donors (Lipinski definition) is 3. The number of phenols is 1. The first-order valence-corrected chi connectivity index (χ1v) is 6.76. The molecule has 0 aliphatic rings. The number of benzene rings is 1. The third-order valence-electron chi connectivity index (χ3n) is 2.76. The first-order chi connectivity index (χ1) is 9.92. The number of phenolic OH excluding ortho intramolecular Hbond substituents is 1. The monoisotopic (exact) mass is 307 g/mol. The summed E-state index contributed by atoms with van der Waals surface area (Å²) in [5.41, 5.74) is 0.0324. The van der Waals surface area contributed by atoms with Gasteiger partial charge in [0.15, 0.2) is 0 Å². The molecule has 3 N–H and O–H groups in total. The normalized spacial score (nSPS) is 10.2. The highest BCUT2D eigenvalue weighted by Crippen LogP contribution is 2.30. The molecule has 0 spiro atoms. The van der Waals surface area contributed by atoms with Crippen LogP contribution in [0.2, 0.25) is 0 Å². The summed E-state index contributed by atoms with van der Waals surface area (Å²) in [5.74, 6) is -1.52. The van der Waals surface area contributed by atoms with Crippen molar-refractivity contribution in [2.24, 2.45) is 0 Å². The highest BCUT2D eigenvalue weighted by atomic mass is 32.1. The van der Waals surface area contributed by atoms with Crippen molar-refractivity contribution in [3.8, 4) is 11.5 Å². The van der Waals surface area contributed by atoms with Gasteiger partial charge >= 0.3 is 5.97 Å². The van der Waals surface area contributed by atoms with Crippen LogP contribution < -0.4 is 10.1 Å². The lowest BCUT2D eigenvalue weighted by atomic mass is 10.1. The average Bonchev–Trinajstić information content (AvgIpc) is 2.80. The van der Waals surface area contributed by atoms with Crippen molar-refractivity contribution >= 4 is 28.2 Å². The van der Waals surface area contributed by atoms with Crippen molar-refractivity contribution in [3.63, 3.8) is 0 Å². The van der Waals surface area contributed by atoms with Crippen LogP contribution in [0.5, 0.6) is 11.5 Å². The van der Waals surface area contributed by atoms with Gasteiger partial charge in [0.25, 0.3) is 5.91 Å². The van der Waals surface area contributed by atoms with Crippen LogP contribution in [0.4, 0.5) is 5.00 Å². The number of ether oxygens (including phenoxy) is 1. The standard InChI is InChI=1S/C14H13NO5S/c1-7-5-10(14(18)19)13(21-7)15-12(17)9-6-8(20-2)3-4-11(9)16/h3-6,16H,1-2H3,(H,15,17)(H,18,19). The summed E-state index contributed by atoms with van der Waals surface area (Å²) in [6.45, 7) is 1.75. The fourth-order valence-corrected chi connectivity index (χ4v) is 2.66. The average molecular weight is 307 g/mol. The number of carboxylic acids is 1. The molecule has 110 valence electrons. The maximum Gasteiger partial charge on any atom is 0.338 e. The Morgan fingerprint density at radius 2 is 1.95 bits per heavy atom. The van der Waals surface area contributed by atoms with E-state index in [2.05, 4.69) is 5.32 Å². The Kier molecular flexibility index (Phi) is 4.13. The number of aromatic carboxylic acids is 1. The second-order valence-electron chi connectivity index (χ2n) is 4.24. The zero-order valence-corrected chi connectivity index (χ0v) is 12.2. The van der Waals surface area contributed by atoms with Crippen LogP contribution in [-0.4, -0.2) is 29.2 Å². The molecule has 1 aromatic carbocycles. The molecule has 0 unspecified atom stereocenters. The second kappa shape index (κ2) is 5.84. The number of thiophene rings is 1. The minimum absolute atomic E-state index is 0.0109. The summed E-state index contributed by atoms with van der Waals surface area (Å²) in [4.78, 5) is 24.0. The molecule has 0 atom stereocenters. The number of methoxy groups -OCH3 is 1. The first kappa shape index (κ1) is 14.9. The van der Waals surface area contributed by atoms with Crippen molar-refractivity contribution in [1.29, 1.82) is 0 Å². The smallest absolute Gasteiger partial charge is 0.338 e. The predicted molar refractivity (Wildman–Crippen MR) is 78.6 cm³/mol. The minimum atomic E-state index is -1.12. The molecule has 1 heterocycles. The zero-order chi connectivity index (χ0) is 15.6. The van der Waals surface area contributed by atoms with Crippen molar-refractivity contribution in [3.05, 3.63) is 40.3 Å². The van der Waals surface area contributed by atoms with Gasteiger partial charge < -0.3 is 20.3 Å². The number of nitrogens with one attached hydrogen (secondary N) is 1. The minimum Gasteiger partial charge on any atom is -0.507 e. The number of carboxylic acid groups (broad SMARTS) is 1. The molecular formula is C14H13NO5S. The zero-order valence-electron chi connectivity index (χ0n) is 11.3. The fraction of sp³-hybridized carbons (Fsp3) is 0.143. The largest absolute Gasteiger partial charge is 0.507 e. The van der Waals surface area contributed by atoms with Crippen LogP contribution >= 0.6 is 11.3 Å². The maximum absolute atomic E-state index is 12.2. The lowest BCUT2D eigenvalue weighted by Crippen LogP contribution is -2.13. The van der Waals surface area contributed by atoms with Gasteiger partial charge in [0, 0.05) is 4.88 Å². The number of carbonyl (C=O) groups is 2. The van der Waals surface area contributed by atoms with E-state index in [1.807, 2.05) is 0 Å². The number of hydrogen-bond acceptors (Lipinski definition) is 5. The van der Waals surface area contributed by atoms with Gasteiger partial charge in [-0.2, -0.15) is 0 Å². The third kappa shape index (κ3) is 3.14. The summed E-state index contributed by atoms with van der Waals surface area (Å²) in [6.07, 6.45) is 0. The van der Waals surface area contributed by atoms with Gasteiger partial charge in [-0.3, -0.25) is 4.79 Å². The van der Waals surface area contributed by atoms with Gasteiger partial charge in [0.2, 0.25) is 0 Å². The highest BCUT2D eigenvalue weighted by Gasteiger charge is 2.19. The van der Waals surface area contributed by atoms with E-state index in [4.69, 9.17) is 9.84 Å². The quantitative estimate of drug-likeness (QED) is 0.807. The van der Waals surface area contributed by atoms with Gasteiger partial charge in [0.1, 0.15) is 16.5 Å². The van der Waals surface area contributed by atoms with Gasteiger partial charge in [0.05, 0.1) is 18.2 Å². The number of carbonyl (C=O) groups excluding carboxylic acids is 1. The molecular weight excluding hydrogens is 294 g/mol. The molecule has 0 fully saturated rings. The van der Waals surface area contributed by atoms with Crippen LogP contribution in [0.3, 0.4) is 0 Å². The SMILES string of the molecule is COc1ccc(O)c(C(=O)Nc2sc(C)cc2C(=O)O)c1. The molecule has 0 aliphatic heterocycles. The topological polar surface area (TPSA) is 95.9 Å². The summed E-state index contributed by atoms with van der Waals surface area (Å²) < 4.78 is 4.99. The van der Waals surface area contributed by atoms with Crippen LogP contribution in [-0.2, 0) is 0 Å². The molecule has 2 aromatic rings. The van der Waals surface area contributed by atoms with E-state index in [1.54, 1.807) is 6.92 Å². The van der Waals surface area contributed by atoms with Crippen LogP contribution in [0.1, 0.15) is 25.6 Å². The van der Waals surface area contributed by atoms with Crippen molar-refractivity contribution in [1.82, 2.24) is 0 Å². The molecule has 0 saturated heterocycles. The highest BCUT2D eigenvalue weighted by molar-refractivity contribution is 7.16. The molecule has 1 aromatic heterocycles. The Labute approximate surface area is 124 Å². The number of amides is 1. The van der Waals surface area contributed by atoms with E-state index in [-0.39, 0.29) is 21.9 Å². The molecule has 1 amide bonds. The van der Waals surface area contributed by atoms with E-state index in [1.165, 1.54) is 31.4 Å². The van der Waals surface area contributed by atoms with E-state index >= 15 is 0 Å². The Morgan fingerprint density at radius 1 is 1.24 bits per heavy atom. The third-order valence-corrected chi connectivity index (χ3v) is 3.73. The Morgan fingerprint density at radius 3 is 2.57 bits per heavy atom. The molecule has 21 heavy (non-hydrogen) atoms. The summed E-state index contributed by atoms with van der Waals surface area (Å²) in [7, 11) is 1.44. The number of aromatic hydroxyl groups is 1. The molecule has 0 radical (unpaired) electrons. The van der Waals surface area contributed by atoms with Crippen molar-refractivity contribution in [2.75, 3.05) is 12.4 Å². The van der Waals surface area contributed by atoms with Crippen molar-refractivity contribution < 1.29 is 24.5 Å². The number of rotatable bonds is 4. The molecule has 0 bridgehead atoms. The lowest BCUT2D eigenvalue weighted by molar-refractivity contribution is 0.0698. The Balaban J connectivity index is 2.32. The lowest BCUT2D eigenvalue weighted by Gasteiger charge is -2.08. The first-order valence-electron chi connectivity index (χ1n) is 5.94.